The Morgan fingerprint density at radius 3 is 2.82 bits per heavy atom. The van der Waals surface area contributed by atoms with Crippen LogP contribution < -0.4 is 10.9 Å². The van der Waals surface area contributed by atoms with Gasteiger partial charge in [0.2, 0.25) is 0 Å². The minimum Gasteiger partial charge on any atom is -0.505 e. The number of aromatic hydroxyl groups is 1. The molecule has 0 spiro atoms. The molecule has 1 aromatic carbocycles. The fourth-order valence-electron chi connectivity index (χ4n) is 2.36. The van der Waals surface area contributed by atoms with E-state index in [9.17, 15) is 14.7 Å². The lowest BCUT2D eigenvalue weighted by Gasteiger charge is -2.10. The molecule has 2 N–H and O–H groups in total. The molecule has 2 heterocycles. The van der Waals surface area contributed by atoms with Crippen molar-refractivity contribution in [1.29, 1.82) is 0 Å². The first-order chi connectivity index (χ1) is 10.5. The lowest BCUT2D eigenvalue weighted by atomic mass is 10.2. The lowest BCUT2D eigenvalue weighted by Crippen LogP contribution is -2.27. The van der Waals surface area contributed by atoms with Gasteiger partial charge in [0.15, 0.2) is 5.75 Å². The van der Waals surface area contributed by atoms with Crippen molar-refractivity contribution in [3.63, 3.8) is 0 Å². The summed E-state index contributed by atoms with van der Waals surface area (Å²) in [5, 5.41) is 14.7. The Bertz CT molecular complexity index is 940. The quantitative estimate of drug-likeness (QED) is 0.764. The van der Waals surface area contributed by atoms with Crippen molar-refractivity contribution in [3.05, 3.63) is 57.2 Å². The van der Waals surface area contributed by atoms with Crippen molar-refractivity contribution >= 4 is 33.1 Å². The summed E-state index contributed by atoms with van der Waals surface area (Å²) < 4.78 is 1.90. The number of carbonyl (C=O) groups excluding carboxylic acids is 1. The summed E-state index contributed by atoms with van der Waals surface area (Å²) in [6.07, 6.45) is 0. The molecule has 0 saturated carbocycles. The minimum absolute atomic E-state index is 0.237. The van der Waals surface area contributed by atoms with Crippen LogP contribution in [0.2, 0.25) is 0 Å². The number of thiophene rings is 1. The second-order valence-corrected chi connectivity index (χ2v) is 5.96. The number of nitrogens with zero attached hydrogens (tertiary/aromatic N) is 1. The van der Waals surface area contributed by atoms with Crippen LogP contribution in [-0.4, -0.2) is 15.6 Å². The van der Waals surface area contributed by atoms with Gasteiger partial charge in [-0.05, 0) is 36.1 Å². The van der Waals surface area contributed by atoms with Gasteiger partial charge in [0.05, 0.1) is 10.2 Å². The largest absolute Gasteiger partial charge is 0.505 e. The predicted molar refractivity (Wildman–Crippen MR) is 87.9 cm³/mol. The highest BCUT2D eigenvalue weighted by Gasteiger charge is 2.21. The van der Waals surface area contributed by atoms with Crippen molar-refractivity contribution in [2.75, 3.05) is 5.32 Å². The molecule has 0 aliphatic carbocycles. The Kier molecular flexibility index (Phi) is 3.46. The van der Waals surface area contributed by atoms with Gasteiger partial charge in [-0.1, -0.05) is 12.1 Å². The van der Waals surface area contributed by atoms with Crippen LogP contribution in [0.25, 0.3) is 10.2 Å². The number of rotatable bonds is 2. The number of benzene rings is 1. The molecule has 0 bridgehead atoms. The zero-order valence-electron chi connectivity index (χ0n) is 12.1. The van der Waals surface area contributed by atoms with Crippen molar-refractivity contribution in [2.45, 2.75) is 6.92 Å². The number of hydrogen-bond donors (Lipinski definition) is 2. The molecular weight excluding hydrogens is 300 g/mol. The molecule has 5 nitrogen and oxygen atoms in total. The van der Waals surface area contributed by atoms with E-state index in [0.29, 0.717) is 15.9 Å². The highest BCUT2D eigenvalue weighted by atomic mass is 32.1. The Balaban J connectivity index is 2.10. The van der Waals surface area contributed by atoms with Crippen molar-refractivity contribution in [2.24, 2.45) is 7.05 Å². The Morgan fingerprint density at radius 1 is 1.32 bits per heavy atom. The first-order valence-electron chi connectivity index (χ1n) is 6.66. The zero-order chi connectivity index (χ0) is 15.9. The number of pyridine rings is 1. The summed E-state index contributed by atoms with van der Waals surface area (Å²) in [5.41, 5.74) is 1.42. The van der Waals surface area contributed by atoms with Crippen LogP contribution in [0.15, 0.2) is 40.5 Å². The summed E-state index contributed by atoms with van der Waals surface area (Å²) in [5.74, 6) is -0.878. The van der Waals surface area contributed by atoms with Crippen molar-refractivity contribution in [3.8, 4) is 5.75 Å². The van der Waals surface area contributed by atoms with Gasteiger partial charge < -0.3 is 15.0 Å². The summed E-state index contributed by atoms with van der Waals surface area (Å²) in [7, 11) is 1.58. The van der Waals surface area contributed by atoms with Gasteiger partial charge in [0.25, 0.3) is 11.5 Å². The molecule has 6 heteroatoms. The highest BCUT2D eigenvalue weighted by molar-refractivity contribution is 7.17. The van der Waals surface area contributed by atoms with Crippen molar-refractivity contribution < 1.29 is 9.90 Å². The first-order valence-corrected chi connectivity index (χ1v) is 7.54. The van der Waals surface area contributed by atoms with Crippen LogP contribution in [0.5, 0.6) is 5.75 Å². The second-order valence-electron chi connectivity index (χ2n) is 5.05. The third-order valence-electron chi connectivity index (χ3n) is 3.48. The molecular formula is C16H14N2O3S. The molecule has 112 valence electrons. The number of hydrogen-bond acceptors (Lipinski definition) is 4. The molecule has 0 unspecified atom stereocenters. The number of aryl methyl sites for hydroxylation is 2. The number of amides is 1. The van der Waals surface area contributed by atoms with Gasteiger partial charge in [-0.15, -0.1) is 11.3 Å². The summed E-state index contributed by atoms with van der Waals surface area (Å²) in [6, 6.07) is 8.98. The fourth-order valence-corrected chi connectivity index (χ4v) is 3.23. The van der Waals surface area contributed by atoms with Crippen LogP contribution in [0.4, 0.5) is 5.69 Å². The second kappa shape index (κ2) is 5.31. The van der Waals surface area contributed by atoms with Gasteiger partial charge in [-0.3, -0.25) is 9.59 Å². The SMILES string of the molecule is Cc1cccc(NC(=O)c2c(O)c3sccc3n(C)c2=O)c1. The Morgan fingerprint density at radius 2 is 2.09 bits per heavy atom. The molecule has 0 saturated heterocycles. The average Bonchev–Trinajstić information content (AvgIpc) is 2.95. The van der Waals surface area contributed by atoms with E-state index >= 15 is 0 Å². The molecule has 3 aromatic rings. The van der Waals surface area contributed by atoms with Gasteiger partial charge in [0.1, 0.15) is 5.56 Å². The molecule has 0 aliphatic heterocycles. The average molecular weight is 314 g/mol. The molecule has 2 aromatic heterocycles. The molecule has 22 heavy (non-hydrogen) atoms. The third kappa shape index (κ3) is 2.27. The molecule has 0 aliphatic rings. The number of carbonyl (C=O) groups is 1. The van der Waals surface area contributed by atoms with Gasteiger partial charge in [-0.25, -0.2) is 0 Å². The third-order valence-corrected chi connectivity index (χ3v) is 4.39. The van der Waals surface area contributed by atoms with Crippen LogP contribution in [0.3, 0.4) is 0 Å². The maximum absolute atomic E-state index is 12.4. The van der Waals surface area contributed by atoms with E-state index in [2.05, 4.69) is 5.32 Å². The smallest absolute Gasteiger partial charge is 0.267 e. The molecule has 3 rings (SSSR count). The van der Waals surface area contributed by atoms with E-state index in [-0.39, 0.29) is 11.3 Å². The lowest BCUT2D eigenvalue weighted by molar-refractivity contribution is 0.102. The summed E-state index contributed by atoms with van der Waals surface area (Å²) in [4.78, 5) is 24.8. The first kappa shape index (κ1) is 14.3. The van der Waals surface area contributed by atoms with Crippen molar-refractivity contribution in [1.82, 2.24) is 4.57 Å². The van der Waals surface area contributed by atoms with E-state index in [1.807, 2.05) is 19.1 Å². The number of aromatic nitrogens is 1. The maximum Gasteiger partial charge on any atom is 0.267 e. The normalized spacial score (nSPS) is 10.8. The zero-order valence-corrected chi connectivity index (χ0v) is 12.9. The van der Waals surface area contributed by atoms with E-state index < -0.39 is 11.5 Å². The fraction of sp³-hybridized carbons (Fsp3) is 0.125. The topological polar surface area (TPSA) is 71.3 Å². The monoisotopic (exact) mass is 314 g/mol. The van der Waals surface area contributed by atoms with Crippen LogP contribution in [-0.2, 0) is 7.05 Å². The molecule has 0 fully saturated rings. The van der Waals surface area contributed by atoms with Crippen LogP contribution in [0, 0.1) is 6.92 Å². The van der Waals surface area contributed by atoms with E-state index in [0.717, 1.165) is 5.56 Å². The predicted octanol–water partition coefficient (Wildman–Crippen LogP) is 2.87. The highest BCUT2D eigenvalue weighted by Crippen LogP contribution is 2.31. The van der Waals surface area contributed by atoms with E-state index in [4.69, 9.17) is 0 Å². The number of fused-ring (bicyclic) bond motifs is 1. The summed E-state index contributed by atoms with van der Waals surface area (Å²) in [6.45, 7) is 1.91. The molecule has 0 atom stereocenters. The van der Waals surface area contributed by atoms with Crippen LogP contribution >= 0.6 is 11.3 Å². The van der Waals surface area contributed by atoms with Crippen LogP contribution in [0.1, 0.15) is 15.9 Å². The van der Waals surface area contributed by atoms with Gasteiger partial charge in [0, 0.05) is 12.7 Å². The molecule has 1 amide bonds. The van der Waals surface area contributed by atoms with E-state index in [1.54, 1.807) is 30.6 Å². The number of anilines is 1. The minimum atomic E-state index is -0.612. The molecule has 0 radical (unpaired) electrons. The standard InChI is InChI=1S/C16H14N2O3S/c1-9-4-3-5-10(8-9)17-15(20)12-13(19)14-11(6-7-22-14)18(2)16(12)21/h3-8,19H,1-2H3,(H,17,20). The Hall–Kier alpha value is -2.60. The van der Waals surface area contributed by atoms with E-state index in [1.165, 1.54) is 15.9 Å². The number of nitrogens with one attached hydrogen (secondary N) is 1. The summed E-state index contributed by atoms with van der Waals surface area (Å²) >= 11 is 1.29. The maximum atomic E-state index is 12.4. The van der Waals surface area contributed by atoms with Gasteiger partial charge in [-0.2, -0.15) is 0 Å². The van der Waals surface area contributed by atoms with Gasteiger partial charge >= 0.3 is 0 Å². The Labute approximate surface area is 130 Å².